The monoisotopic (exact) mass is 445 g/mol. The van der Waals surface area contributed by atoms with Crippen LogP contribution in [0.2, 0.25) is 0 Å². The van der Waals surface area contributed by atoms with E-state index in [1.807, 2.05) is 54.2 Å². The van der Waals surface area contributed by atoms with Crippen LogP contribution in [0.4, 0.5) is 0 Å². The summed E-state index contributed by atoms with van der Waals surface area (Å²) in [6.45, 7) is 5.01. The van der Waals surface area contributed by atoms with Gasteiger partial charge in [0, 0.05) is 37.7 Å². The maximum absolute atomic E-state index is 12.9. The predicted molar refractivity (Wildman–Crippen MR) is 123 cm³/mol. The first-order chi connectivity index (χ1) is 16.2. The van der Waals surface area contributed by atoms with Crippen LogP contribution < -0.4 is 5.56 Å². The molecule has 0 aliphatic carbocycles. The Morgan fingerprint density at radius 2 is 2.15 bits per heavy atom. The molecule has 0 radical (unpaired) electrons. The van der Waals surface area contributed by atoms with Crippen LogP contribution in [0.5, 0.6) is 0 Å². The van der Waals surface area contributed by atoms with Gasteiger partial charge < -0.3 is 9.72 Å². The first-order valence-corrected chi connectivity index (χ1v) is 11.2. The maximum Gasteiger partial charge on any atom is 0.252 e. The van der Waals surface area contributed by atoms with Gasteiger partial charge in [-0.15, -0.1) is 5.10 Å². The summed E-state index contributed by atoms with van der Waals surface area (Å²) in [7, 11) is 0. The minimum Gasteiger partial charge on any atom is -0.376 e. The lowest BCUT2D eigenvalue weighted by Crippen LogP contribution is -2.29. The van der Waals surface area contributed by atoms with Crippen LogP contribution in [0, 0.1) is 6.92 Å². The van der Waals surface area contributed by atoms with Crippen LogP contribution in [-0.4, -0.2) is 47.8 Å². The Bertz CT molecular complexity index is 1280. The highest BCUT2D eigenvalue weighted by atomic mass is 16.5. The van der Waals surface area contributed by atoms with Gasteiger partial charge in [0.15, 0.2) is 5.82 Å². The molecule has 5 rings (SSSR count). The molecule has 9 heteroatoms. The number of para-hydroxylation sites is 1. The van der Waals surface area contributed by atoms with E-state index in [2.05, 4.69) is 30.4 Å². The normalized spacial score (nSPS) is 16.1. The lowest BCUT2D eigenvalue weighted by molar-refractivity contribution is 0.0914. The lowest BCUT2D eigenvalue weighted by Gasteiger charge is -2.22. The third-order valence-corrected chi connectivity index (χ3v) is 6.06. The van der Waals surface area contributed by atoms with Crippen molar-refractivity contribution in [3.63, 3.8) is 0 Å². The number of ether oxygens (including phenoxy) is 1. The number of aromatic nitrogens is 6. The van der Waals surface area contributed by atoms with Crippen LogP contribution >= 0.6 is 0 Å². The van der Waals surface area contributed by atoms with Gasteiger partial charge in [0.05, 0.1) is 24.7 Å². The molecule has 1 aliphatic heterocycles. The Kier molecular flexibility index (Phi) is 6.23. The Labute approximate surface area is 191 Å². The fraction of sp³-hybridized carbons (Fsp3) is 0.375. The van der Waals surface area contributed by atoms with E-state index >= 15 is 0 Å². The average Bonchev–Trinajstić information content (AvgIpc) is 3.48. The summed E-state index contributed by atoms with van der Waals surface area (Å²) >= 11 is 0. The number of tetrazole rings is 1. The molecule has 1 N–H and O–H groups in total. The van der Waals surface area contributed by atoms with Gasteiger partial charge in [-0.05, 0) is 58.8 Å². The first-order valence-electron chi connectivity index (χ1n) is 11.2. The van der Waals surface area contributed by atoms with Gasteiger partial charge in [-0.2, -0.15) is 0 Å². The molecule has 1 unspecified atom stereocenters. The average molecular weight is 446 g/mol. The molecule has 4 heterocycles. The van der Waals surface area contributed by atoms with Gasteiger partial charge in [0.1, 0.15) is 0 Å². The minimum absolute atomic E-state index is 0.0769. The van der Waals surface area contributed by atoms with Gasteiger partial charge in [0.25, 0.3) is 5.56 Å². The molecule has 0 saturated carbocycles. The van der Waals surface area contributed by atoms with Crippen molar-refractivity contribution >= 4 is 10.9 Å². The highest BCUT2D eigenvalue weighted by Gasteiger charge is 2.21. The number of nitrogens with one attached hydrogen (secondary N) is 1. The third kappa shape index (κ3) is 4.99. The van der Waals surface area contributed by atoms with Crippen molar-refractivity contribution in [2.24, 2.45) is 0 Å². The molecule has 1 aliphatic rings. The minimum atomic E-state index is -0.0769. The Morgan fingerprint density at radius 3 is 2.97 bits per heavy atom. The molecule has 1 saturated heterocycles. The van der Waals surface area contributed by atoms with Crippen molar-refractivity contribution in [2.75, 3.05) is 6.61 Å². The van der Waals surface area contributed by atoms with E-state index in [0.29, 0.717) is 31.7 Å². The summed E-state index contributed by atoms with van der Waals surface area (Å²) in [4.78, 5) is 22.4. The fourth-order valence-electron chi connectivity index (χ4n) is 4.36. The van der Waals surface area contributed by atoms with Crippen LogP contribution in [0.25, 0.3) is 10.9 Å². The first kappa shape index (κ1) is 21.4. The number of fused-ring (bicyclic) bond motifs is 1. The fourth-order valence-corrected chi connectivity index (χ4v) is 4.36. The number of rotatable bonds is 8. The predicted octanol–water partition coefficient (Wildman–Crippen LogP) is 2.60. The van der Waals surface area contributed by atoms with Gasteiger partial charge in [-0.25, -0.2) is 4.68 Å². The number of aryl methyl sites for hydroxylation is 1. The van der Waals surface area contributed by atoms with E-state index in [-0.39, 0.29) is 11.7 Å². The summed E-state index contributed by atoms with van der Waals surface area (Å²) < 4.78 is 7.58. The van der Waals surface area contributed by atoms with Crippen LogP contribution in [0.1, 0.15) is 35.4 Å². The molecular weight excluding hydrogens is 418 g/mol. The molecule has 0 spiro atoms. The van der Waals surface area contributed by atoms with Gasteiger partial charge in [-0.3, -0.25) is 14.7 Å². The molecule has 3 aromatic heterocycles. The SMILES string of the molecule is Cc1cccc2cc(CN(Cc3cccnc3)Cc3nnnn3CC3CCCO3)c(=O)[nH]c12. The number of pyridine rings is 2. The Balaban J connectivity index is 1.42. The zero-order valence-electron chi connectivity index (χ0n) is 18.6. The van der Waals surface area contributed by atoms with Crippen molar-refractivity contribution in [1.29, 1.82) is 0 Å². The van der Waals surface area contributed by atoms with Gasteiger partial charge >= 0.3 is 0 Å². The van der Waals surface area contributed by atoms with E-state index in [9.17, 15) is 4.79 Å². The standard InChI is InChI=1S/C24H27N7O2/c1-17-5-2-7-19-11-20(24(32)26-23(17)19)14-30(13-18-6-3-9-25-12-18)16-22-27-28-29-31(22)15-21-8-4-10-33-21/h2-3,5-7,9,11-12,21H,4,8,10,13-16H2,1H3,(H,26,32). The van der Waals surface area contributed by atoms with Crippen LogP contribution in [0.3, 0.4) is 0 Å². The topological polar surface area (TPSA) is 102 Å². The second-order valence-corrected chi connectivity index (χ2v) is 8.58. The number of benzene rings is 1. The quantitative estimate of drug-likeness (QED) is 0.445. The van der Waals surface area contributed by atoms with E-state index in [1.165, 1.54) is 0 Å². The van der Waals surface area contributed by atoms with Gasteiger partial charge in [0.2, 0.25) is 0 Å². The van der Waals surface area contributed by atoms with Crippen molar-refractivity contribution in [2.45, 2.75) is 52.0 Å². The molecule has 1 fully saturated rings. The zero-order chi connectivity index (χ0) is 22.6. The summed E-state index contributed by atoms with van der Waals surface area (Å²) in [5.74, 6) is 0.752. The molecule has 170 valence electrons. The van der Waals surface area contributed by atoms with Crippen LogP contribution in [0.15, 0.2) is 53.6 Å². The second-order valence-electron chi connectivity index (χ2n) is 8.58. The number of hydrogen-bond acceptors (Lipinski definition) is 7. The molecule has 9 nitrogen and oxygen atoms in total. The van der Waals surface area contributed by atoms with E-state index in [4.69, 9.17) is 4.74 Å². The summed E-state index contributed by atoms with van der Waals surface area (Å²) in [5, 5.41) is 13.4. The number of hydrogen-bond donors (Lipinski definition) is 1. The molecule has 4 aromatic rings. The molecule has 1 atom stereocenters. The van der Waals surface area contributed by atoms with Crippen molar-refractivity contribution in [3.05, 3.63) is 81.7 Å². The van der Waals surface area contributed by atoms with E-state index < -0.39 is 0 Å². The molecule has 1 aromatic carbocycles. The van der Waals surface area contributed by atoms with Crippen molar-refractivity contribution < 1.29 is 4.74 Å². The largest absolute Gasteiger partial charge is 0.376 e. The highest BCUT2D eigenvalue weighted by molar-refractivity contribution is 5.81. The van der Waals surface area contributed by atoms with E-state index in [0.717, 1.165) is 47.3 Å². The van der Waals surface area contributed by atoms with Crippen molar-refractivity contribution in [3.8, 4) is 0 Å². The summed E-state index contributed by atoms with van der Waals surface area (Å²) in [6, 6.07) is 12.0. The third-order valence-electron chi connectivity index (χ3n) is 6.06. The van der Waals surface area contributed by atoms with Crippen LogP contribution in [-0.2, 0) is 30.9 Å². The smallest absolute Gasteiger partial charge is 0.252 e. The number of aromatic amines is 1. The zero-order valence-corrected chi connectivity index (χ0v) is 18.6. The molecule has 0 bridgehead atoms. The van der Waals surface area contributed by atoms with Crippen molar-refractivity contribution in [1.82, 2.24) is 35.1 Å². The maximum atomic E-state index is 12.9. The number of nitrogens with zero attached hydrogens (tertiary/aromatic N) is 6. The van der Waals surface area contributed by atoms with E-state index in [1.54, 1.807) is 6.20 Å². The highest BCUT2D eigenvalue weighted by Crippen LogP contribution is 2.18. The summed E-state index contributed by atoms with van der Waals surface area (Å²) in [6.07, 6.45) is 5.83. The van der Waals surface area contributed by atoms with Gasteiger partial charge in [-0.1, -0.05) is 24.3 Å². The number of H-pyrrole nitrogens is 1. The second kappa shape index (κ2) is 9.60. The summed E-state index contributed by atoms with van der Waals surface area (Å²) in [5.41, 5.74) is 3.62. The molecule has 0 amide bonds. The lowest BCUT2D eigenvalue weighted by atomic mass is 10.1. The Morgan fingerprint density at radius 1 is 1.21 bits per heavy atom. The molecule has 33 heavy (non-hydrogen) atoms. The Hall–Kier alpha value is -3.43. The molecular formula is C24H27N7O2.